The van der Waals surface area contributed by atoms with E-state index in [9.17, 15) is 9.59 Å². The van der Waals surface area contributed by atoms with Crippen LogP contribution < -0.4 is 5.32 Å². The maximum absolute atomic E-state index is 12.4. The Hall–Kier alpha value is -1.94. The molecule has 0 fully saturated rings. The Morgan fingerprint density at radius 1 is 1.14 bits per heavy atom. The molecule has 0 radical (unpaired) electrons. The molecule has 0 aliphatic rings. The quantitative estimate of drug-likeness (QED) is 0.784. The van der Waals surface area contributed by atoms with Gasteiger partial charge < -0.3 is 5.32 Å². The maximum atomic E-state index is 12.4. The van der Waals surface area contributed by atoms with Gasteiger partial charge in [0.15, 0.2) is 5.78 Å². The van der Waals surface area contributed by atoms with Crippen molar-refractivity contribution >= 4 is 28.7 Å². The van der Waals surface area contributed by atoms with Gasteiger partial charge in [0, 0.05) is 16.1 Å². The van der Waals surface area contributed by atoms with Gasteiger partial charge in [0.1, 0.15) is 0 Å². The zero-order valence-corrected chi connectivity index (χ0v) is 14.0. The van der Waals surface area contributed by atoms with Crippen LogP contribution in [-0.2, 0) is 12.8 Å². The SMILES string of the molecule is CCCc1sc(C(=O)Nc2ccc(C(C)=O)cc2)cc1CC. The summed E-state index contributed by atoms with van der Waals surface area (Å²) < 4.78 is 0. The Kier molecular flexibility index (Phi) is 5.50. The van der Waals surface area contributed by atoms with Crippen molar-refractivity contribution in [1.29, 1.82) is 0 Å². The van der Waals surface area contributed by atoms with Gasteiger partial charge in [-0.25, -0.2) is 0 Å². The van der Waals surface area contributed by atoms with E-state index in [1.54, 1.807) is 35.6 Å². The molecule has 2 aromatic rings. The predicted molar refractivity (Wildman–Crippen MR) is 92.1 cm³/mol. The zero-order chi connectivity index (χ0) is 16.1. The fourth-order valence-corrected chi connectivity index (χ4v) is 3.55. The molecule has 0 saturated carbocycles. The van der Waals surface area contributed by atoms with Gasteiger partial charge in [-0.2, -0.15) is 0 Å². The van der Waals surface area contributed by atoms with Gasteiger partial charge in [0.2, 0.25) is 0 Å². The van der Waals surface area contributed by atoms with Crippen LogP contribution in [0.5, 0.6) is 0 Å². The van der Waals surface area contributed by atoms with E-state index in [1.807, 2.05) is 6.07 Å². The fraction of sp³-hybridized carbons (Fsp3) is 0.333. The first-order valence-electron chi connectivity index (χ1n) is 7.59. The first-order chi connectivity index (χ1) is 10.5. The number of carbonyl (C=O) groups excluding carboxylic acids is 2. The summed E-state index contributed by atoms with van der Waals surface area (Å²) in [4.78, 5) is 25.7. The first kappa shape index (κ1) is 16.4. The third-order valence-corrected chi connectivity index (χ3v) is 4.76. The highest BCUT2D eigenvalue weighted by Gasteiger charge is 2.13. The van der Waals surface area contributed by atoms with Gasteiger partial charge in [0.05, 0.1) is 4.88 Å². The van der Waals surface area contributed by atoms with Crippen molar-refractivity contribution < 1.29 is 9.59 Å². The van der Waals surface area contributed by atoms with Crippen molar-refractivity contribution in [1.82, 2.24) is 0 Å². The Labute approximate surface area is 135 Å². The van der Waals surface area contributed by atoms with Gasteiger partial charge in [-0.3, -0.25) is 9.59 Å². The third kappa shape index (κ3) is 3.83. The van der Waals surface area contributed by atoms with Crippen LogP contribution >= 0.6 is 11.3 Å². The van der Waals surface area contributed by atoms with Crippen molar-refractivity contribution in [3.05, 3.63) is 51.2 Å². The van der Waals surface area contributed by atoms with Gasteiger partial charge >= 0.3 is 0 Å². The first-order valence-corrected chi connectivity index (χ1v) is 8.40. The minimum Gasteiger partial charge on any atom is -0.321 e. The van der Waals surface area contributed by atoms with Crippen LogP contribution in [0.4, 0.5) is 5.69 Å². The van der Waals surface area contributed by atoms with Crippen LogP contribution in [0.25, 0.3) is 0 Å². The number of carbonyl (C=O) groups is 2. The Balaban J connectivity index is 2.13. The van der Waals surface area contributed by atoms with E-state index in [1.165, 1.54) is 17.4 Å². The summed E-state index contributed by atoms with van der Waals surface area (Å²) in [6, 6.07) is 8.97. The summed E-state index contributed by atoms with van der Waals surface area (Å²) in [6.45, 7) is 5.79. The topological polar surface area (TPSA) is 46.2 Å². The number of ketones is 1. The Morgan fingerprint density at radius 2 is 1.82 bits per heavy atom. The molecule has 0 bridgehead atoms. The number of rotatable bonds is 6. The summed E-state index contributed by atoms with van der Waals surface area (Å²) in [6.07, 6.45) is 3.06. The average molecular weight is 315 g/mol. The Bertz CT molecular complexity index is 671. The molecule has 1 aromatic carbocycles. The molecule has 0 aliphatic carbocycles. The molecule has 0 saturated heterocycles. The lowest BCUT2D eigenvalue weighted by Gasteiger charge is -2.04. The summed E-state index contributed by atoms with van der Waals surface area (Å²) >= 11 is 1.58. The van der Waals surface area contributed by atoms with Gasteiger partial charge in [0.25, 0.3) is 5.91 Å². The number of nitrogens with one attached hydrogen (secondary N) is 1. The second-order valence-corrected chi connectivity index (χ2v) is 6.39. The minimum absolute atomic E-state index is 0.0212. The minimum atomic E-state index is -0.0855. The highest BCUT2D eigenvalue weighted by Crippen LogP contribution is 2.25. The molecular weight excluding hydrogens is 294 g/mol. The molecule has 0 atom stereocenters. The summed E-state index contributed by atoms with van der Waals surface area (Å²) in [5, 5.41) is 2.89. The van der Waals surface area contributed by atoms with E-state index >= 15 is 0 Å². The number of hydrogen-bond donors (Lipinski definition) is 1. The molecule has 2 rings (SSSR count). The standard InChI is InChI=1S/C18H21NO2S/c1-4-6-16-13(5-2)11-17(22-16)18(21)19-15-9-7-14(8-10-15)12(3)20/h7-11H,4-6H2,1-3H3,(H,19,21). The number of benzene rings is 1. The fourth-order valence-electron chi connectivity index (χ4n) is 2.30. The Morgan fingerprint density at radius 3 is 2.36 bits per heavy atom. The van der Waals surface area contributed by atoms with E-state index < -0.39 is 0 Å². The summed E-state index contributed by atoms with van der Waals surface area (Å²) in [5.74, 6) is -0.0643. The van der Waals surface area contributed by atoms with Crippen LogP contribution in [0.2, 0.25) is 0 Å². The van der Waals surface area contributed by atoms with Gasteiger partial charge in [-0.1, -0.05) is 20.3 Å². The molecule has 4 heteroatoms. The molecule has 1 heterocycles. The lowest BCUT2D eigenvalue weighted by atomic mass is 10.1. The molecule has 1 amide bonds. The normalized spacial score (nSPS) is 10.5. The van der Waals surface area contributed by atoms with E-state index in [2.05, 4.69) is 19.2 Å². The number of anilines is 1. The van der Waals surface area contributed by atoms with E-state index in [0.29, 0.717) is 11.3 Å². The largest absolute Gasteiger partial charge is 0.321 e. The zero-order valence-electron chi connectivity index (χ0n) is 13.2. The number of hydrogen-bond acceptors (Lipinski definition) is 3. The lowest BCUT2D eigenvalue weighted by Crippen LogP contribution is -2.10. The summed E-state index contributed by atoms with van der Waals surface area (Å²) in [7, 11) is 0. The highest BCUT2D eigenvalue weighted by molar-refractivity contribution is 7.14. The monoisotopic (exact) mass is 315 g/mol. The molecule has 0 aliphatic heterocycles. The molecule has 3 nitrogen and oxygen atoms in total. The van der Waals surface area contributed by atoms with Crippen LogP contribution in [-0.4, -0.2) is 11.7 Å². The van der Waals surface area contributed by atoms with Crippen molar-refractivity contribution in [2.75, 3.05) is 5.32 Å². The second-order valence-electron chi connectivity index (χ2n) is 5.25. The van der Waals surface area contributed by atoms with E-state index in [4.69, 9.17) is 0 Å². The molecular formula is C18H21NO2S. The molecule has 116 valence electrons. The number of Topliss-reactive ketones (excluding diaryl/α,β-unsaturated/α-hetero) is 1. The highest BCUT2D eigenvalue weighted by atomic mass is 32.1. The maximum Gasteiger partial charge on any atom is 0.265 e. The van der Waals surface area contributed by atoms with Gasteiger partial charge in [-0.05, 0) is 55.7 Å². The van der Waals surface area contributed by atoms with Crippen LogP contribution in [0, 0.1) is 0 Å². The number of aryl methyl sites for hydroxylation is 2. The number of amides is 1. The molecule has 1 N–H and O–H groups in total. The second kappa shape index (κ2) is 7.36. The molecule has 0 spiro atoms. The molecule has 1 aromatic heterocycles. The average Bonchev–Trinajstić information content (AvgIpc) is 2.91. The third-order valence-electron chi connectivity index (χ3n) is 3.53. The summed E-state index contributed by atoms with van der Waals surface area (Å²) in [5.41, 5.74) is 2.62. The van der Waals surface area contributed by atoms with Crippen LogP contribution in [0.15, 0.2) is 30.3 Å². The van der Waals surface area contributed by atoms with Crippen LogP contribution in [0.3, 0.4) is 0 Å². The lowest BCUT2D eigenvalue weighted by molar-refractivity contribution is 0.101. The van der Waals surface area contributed by atoms with Crippen LogP contribution in [0.1, 0.15) is 57.7 Å². The predicted octanol–water partition coefficient (Wildman–Crippen LogP) is 4.72. The van der Waals surface area contributed by atoms with Crippen molar-refractivity contribution in [3.8, 4) is 0 Å². The van der Waals surface area contributed by atoms with Gasteiger partial charge in [-0.15, -0.1) is 11.3 Å². The van der Waals surface area contributed by atoms with Crippen molar-refractivity contribution in [3.63, 3.8) is 0 Å². The van der Waals surface area contributed by atoms with E-state index in [-0.39, 0.29) is 11.7 Å². The number of thiophene rings is 1. The molecule has 0 unspecified atom stereocenters. The smallest absolute Gasteiger partial charge is 0.265 e. The van der Waals surface area contributed by atoms with Crippen molar-refractivity contribution in [2.45, 2.75) is 40.0 Å². The van der Waals surface area contributed by atoms with E-state index in [0.717, 1.165) is 24.1 Å². The van der Waals surface area contributed by atoms with Crippen molar-refractivity contribution in [2.24, 2.45) is 0 Å². The molecule has 22 heavy (non-hydrogen) atoms.